The van der Waals surface area contributed by atoms with E-state index in [9.17, 15) is 5.11 Å². The van der Waals surface area contributed by atoms with Crippen molar-refractivity contribution < 1.29 is 19.3 Å². The number of hydrogen-bond acceptors (Lipinski definition) is 6. The normalized spacial score (nSPS) is 28.0. The molecule has 2 N–H and O–H groups in total. The Morgan fingerprint density at radius 1 is 1.10 bits per heavy atom. The van der Waals surface area contributed by atoms with E-state index in [1.807, 2.05) is 12.1 Å². The maximum absolute atomic E-state index is 9.89. The lowest BCUT2D eigenvalue weighted by Gasteiger charge is -2.33. The molecule has 0 aliphatic carbocycles. The van der Waals surface area contributed by atoms with Crippen molar-refractivity contribution in [2.45, 2.75) is 30.8 Å². The zero-order valence-corrected chi connectivity index (χ0v) is 17.0. The quantitative estimate of drug-likeness (QED) is 0.666. The van der Waals surface area contributed by atoms with Gasteiger partial charge in [-0.15, -0.1) is 0 Å². The number of pyridine rings is 1. The Morgan fingerprint density at radius 3 is 2.67 bits per heavy atom. The number of hydrogen-bond donors (Lipinski definition) is 2. The van der Waals surface area contributed by atoms with E-state index in [4.69, 9.17) is 30.8 Å². The molecule has 8 heteroatoms. The Labute approximate surface area is 178 Å². The van der Waals surface area contributed by atoms with E-state index in [1.54, 1.807) is 0 Å². The van der Waals surface area contributed by atoms with Gasteiger partial charge >= 0.3 is 0 Å². The first kappa shape index (κ1) is 18.4. The fraction of sp³-hybridized carbons (Fsp3) is 0.409. The van der Waals surface area contributed by atoms with Crippen LogP contribution in [0.4, 0.5) is 5.69 Å². The third-order valence-electron chi connectivity index (χ3n) is 6.15. The Bertz CT molecular complexity index is 1080. The van der Waals surface area contributed by atoms with Crippen molar-refractivity contribution in [3.8, 4) is 17.1 Å². The number of H-pyrrole nitrogens is 1. The number of aromatic nitrogens is 2. The number of halogens is 1. The number of rotatable bonds is 4. The lowest BCUT2D eigenvalue weighted by Crippen LogP contribution is -2.36. The third kappa shape index (κ3) is 3.04. The monoisotopic (exact) mass is 427 g/mol. The molecule has 2 aromatic heterocycles. The van der Waals surface area contributed by atoms with Crippen LogP contribution in [0.3, 0.4) is 0 Å². The zero-order chi connectivity index (χ0) is 20.2. The van der Waals surface area contributed by atoms with E-state index < -0.39 is 6.10 Å². The SMILES string of the molecule is O[C@@H]1CO[C@H]2C1OC[C@H]2Oc1cc2nc(-c3ccc(N4CCC4)cc3)c(Cl)cc2[nH]1. The van der Waals surface area contributed by atoms with Gasteiger partial charge in [-0.2, -0.15) is 0 Å². The lowest BCUT2D eigenvalue weighted by molar-refractivity contribution is 0.00794. The minimum absolute atomic E-state index is 0.261. The Balaban J connectivity index is 1.25. The van der Waals surface area contributed by atoms with Crippen molar-refractivity contribution in [3.63, 3.8) is 0 Å². The minimum Gasteiger partial charge on any atom is -0.470 e. The van der Waals surface area contributed by atoms with Crippen molar-refractivity contribution in [1.82, 2.24) is 9.97 Å². The molecule has 30 heavy (non-hydrogen) atoms. The predicted octanol–water partition coefficient (Wildman–Crippen LogP) is 3.00. The molecule has 6 rings (SSSR count). The molecule has 156 valence electrons. The highest BCUT2D eigenvalue weighted by Crippen LogP contribution is 2.34. The number of fused-ring (bicyclic) bond motifs is 2. The smallest absolute Gasteiger partial charge is 0.193 e. The van der Waals surface area contributed by atoms with Gasteiger partial charge in [-0.1, -0.05) is 23.7 Å². The molecule has 3 saturated heterocycles. The average molecular weight is 428 g/mol. The number of aliphatic hydroxyl groups excluding tert-OH is 1. The van der Waals surface area contributed by atoms with Gasteiger partial charge in [0.25, 0.3) is 0 Å². The molecule has 3 aliphatic heterocycles. The summed E-state index contributed by atoms with van der Waals surface area (Å²) in [6.45, 7) is 2.89. The van der Waals surface area contributed by atoms with Crippen LogP contribution >= 0.6 is 11.6 Å². The second-order valence-corrected chi connectivity index (χ2v) is 8.50. The van der Waals surface area contributed by atoms with Crippen molar-refractivity contribution >= 4 is 28.3 Å². The molecule has 1 unspecified atom stereocenters. The summed E-state index contributed by atoms with van der Waals surface area (Å²) in [5.74, 6) is 0.582. The predicted molar refractivity (Wildman–Crippen MR) is 113 cm³/mol. The summed E-state index contributed by atoms with van der Waals surface area (Å²) in [4.78, 5) is 10.3. The maximum atomic E-state index is 9.89. The van der Waals surface area contributed by atoms with Crippen LogP contribution in [0.15, 0.2) is 36.4 Å². The summed E-state index contributed by atoms with van der Waals surface area (Å²) in [5.41, 5.74) is 4.54. The van der Waals surface area contributed by atoms with Crippen molar-refractivity contribution in [2.24, 2.45) is 0 Å². The topological polar surface area (TPSA) is 79.8 Å². The summed E-state index contributed by atoms with van der Waals surface area (Å²) < 4.78 is 17.3. The molecule has 0 radical (unpaired) electrons. The Kier molecular flexibility index (Phi) is 4.38. The lowest BCUT2D eigenvalue weighted by atomic mass is 10.1. The van der Waals surface area contributed by atoms with Crippen LogP contribution < -0.4 is 9.64 Å². The molecule has 4 atom stereocenters. The van der Waals surface area contributed by atoms with Gasteiger partial charge in [0.1, 0.15) is 18.3 Å². The Hall–Kier alpha value is -2.32. The number of aliphatic hydroxyl groups is 1. The largest absolute Gasteiger partial charge is 0.470 e. The van der Waals surface area contributed by atoms with Crippen LogP contribution in [-0.2, 0) is 9.47 Å². The third-order valence-corrected chi connectivity index (χ3v) is 6.44. The molecule has 5 heterocycles. The Morgan fingerprint density at radius 2 is 1.90 bits per heavy atom. The van der Waals surface area contributed by atoms with Gasteiger partial charge in [-0.25, -0.2) is 4.98 Å². The minimum atomic E-state index is -0.596. The number of nitrogens with zero attached hydrogens (tertiary/aromatic N) is 2. The summed E-state index contributed by atoms with van der Waals surface area (Å²) >= 11 is 6.55. The van der Waals surface area contributed by atoms with Crippen molar-refractivity contribution in [1.29, 1.82) is 0 Å². The van der Waals surface area contributed by atoms with Crippen LogP contribution in [-0.4, -0.2) is 65.8 Å². The molecule has 7 nitrogen and oxygen atoms in total. The van der Waals surface area contributed by atoms with E-state index in [2.05, 4.69) is 34.1 Å². The van der Waals surface area contributed by atoms with Crippen LogP contribution in [0.25, 0.3) is 22.3 Å². The molecule has 3 fully saturated rings. The van der Waals surface area contributed by atoms with Gasteiger partial charge in [-0.3, -0.25) is 0 Å². The molecule has 3 aliphatic rings. The van der Waals surface area contributed by atoms with E-state index in [0.717, 1.165) is 35.4 Å². The van der Waals surface area contributed by atoms with Gasteiger partial charge in [0.2, 0.25) is 0 Å². The summed E-state index contributed by atoms with van der Waals surface area (Å²) in [6.07, 6.45) is -0.197. The van der Waals surface area contributed by atoms with Gasteiger partial charge in [0.05, 0.1) is 35.0 Å². The van der Waals surface area contributed by atoms with Crippen LogP contribution in [0.2, 0.25) is 5.02 Å². The van der Waals surface area contributed by atoms with Gasteiger partial charge in [0.15, 0.2) is 12.0 Å². The van der Waals surface area contributed by atoms with Crippen molar-refractivity contribution in [2.75, 3.05) is 31.2 Å². The first-order chi connectivity index (χ1) is 14.7. The average Bonchev–Trinajstić information content (AvgIpc) is 3.38. The summed E-state index contributed by atoms with van der Waals surface area (Å²) in [5, 5.41) is 10.5. The number of ether oxygens (including phenoxy) is 3. The first-order valence-electron chi connectivity index (χ1n) is 10.3. The highest BCUT2D eigenvalue weighted by molar-refractivity contribution is 6.33. The van der Waals surface area contributed by atoms with Crippen LogP contribution in [0.1, 0.15) is 6.42 Å². The first-order valence-corrected chi connectivity index (χ1v) is 10.7. The second kappa shape index (κ2) is 7.13. The fourth-order valence-electron chi connectivity index (χ4n) is 4.38. The standard InChI is InChI=1S/C22H22ClN3O4/c23-14-8-15-16(25-20(14)12-2-4-13(5-3-12)26-6-1-7-26)9-19(24-15)30-18-11-29-21-17(27)10-28-22(18)21/h2-5,8-9,17-18,21-22,24,27H,1,6-7,10-11H2/t17-,18-,21?,22-/m1/s1. The molecule has 0 bridgehead atoms. The van der Waals surface area contributed by atoms with Gasteiger partial charge in [-0.05, 0) is 24.6 Å². The van der Waals surface area contributed by atoms with Crippen molar-refractivity contribution in [3.05, 3.63) is 41.4 Å². The maximum Gasteiger partial charge on any atom is 0.193 e. The van der Waals surface area contributed by atoms with E-state index in [1.165, 1.54) is 12.1 Å². The summed E-state index contributed by atoms with van der Waals surface area (Å²) in [7, 11) is 0. The number of nitrogens with one attached hydrogen (secondary N) is 1. The zero-order valence-electron chi connectivity index (χ0n) is 16.3. The molecular weight excluding hydrogens is 406 g/mol. The van der Waals surface area contributed by atoms with Crippen LogP contribution in [0.5, 0.6) is 5.88 Å². The van der Waals surface area contributed by atoms with E-state index >= 15 is 0 Å². The van der Waals surface area contributed by atoms with Gasteiger partial charge in [0, 0.05) is 30.4 Å². The molecule has 1 aromatic carbocycles. The van der Waals surface area contributed by atoms with E-state index in [-0.39, 0.29) is 24.9 Å². The number of benzene rings is 1. The molecule has 3 aromatic rings. The number of aromatic amines is 1. The molecule has 0 spiro atoms. The molecule has 0 amide bonds. The number of anilines is 1. The summed E-state index contributed by atoms with van der Waals surface area (Å²) in [6, 6.07) is 12.1. The van der Waals surface area contributed by atoms with Gasteiger partial charge < -0.3 is 29.2 Å². The molecule has 0 saturated carbocycles. The second-order valence-electron chi connectivity index (χ2n) is 8.09. The fourth-order valence-corrected chi connectivity index (χ4v) is 4.65. The highest BCUT2D eigenvalue weighted by Gasteiger charge is 2.48. The van der Waals surface area contributed by atoms with E-state index in [0.29, 0.717) is 17.5 Å². The van der Waals surface area contributed by atoms with Crippen LogP contribution in [0, 0.1) is 0 Å². The molecular formula is C22H22ClN3O4. The highest BCUT2D eigenvalue weighted by atomic mass is 35.5.